The summed E-state index contributed by atoms with van der Waals surface area (Å²) in [4.78, 5) is 11.2. The van der Waals surface area contributed by atoms with Gasteiger partial charge in [-0.2, -0.15) is 0 Å². The van der Waals surface area contributed by atoms with Crippen molar-refractivity contribution >= 4 is 46.4 Å². The number of rotatable bonds is 4. The second kappa shape index (κ2) is 8.74. The van der Waals surface area contributed by atoms with Crippen molar-refractivity contribution in [2.45, 2.75) is 18.9 Å². The zero-order valence-electron chi connectivity index (χ0n) is 15.1. The fraction of sp³-hybridized carbons (Fsp3) is 0.300. The van der Waals surface area contributed by atoms with Gasteiger partial charge in [-0.1, -0.05) is 23.7 Å². The first-order valence-corrected chi connectivity index (χ1v) is 9.18. The standard InChI is InChI=1S/C20H21ClN4O.ClH/c1-25-10-8-16(9-11-25)26-18-7-3-6-17-19(18)20(23-13-22-17)24-15-5-2-4-14(21)12-15;/h2-7,12-13,16H,8-11H2,1H3,(H,22,23,24);1H. The summed E-state index contributed by atoms with van der Waals surface area (Å²) in [6, 6.07) is 13.5. The predicted molar refractivity (Wildman–Crippen MR) is 113 cm³/mol. The summed E-state index contributed by atoms with van der Waals surface area (Å²) in [6.07, 6.45) is 3.83. The molecule has 0 atom stereocenters. The van der Waals surface area contributed by atoms with Crippen LogP contribution in [0.25, 0.3) is 10.9 Å². The molecular formula is C20H22Cl2N4O. The molecule has 5 nitrogen and oxygen atoms in total. The summed E-state index contributed by atoms with van der Waals surface area (Å²) in [5.41, 5.74) is 1.74. The van der Waals surface area contributed by atoms with Crippen molar-refractivity contribution < 1.29 is 4.74 Å². The maximum atomic E-state index is 6.35. The number of piperidine rings is 1. The monoisotopic (exact) mass is 404 g/mol. The minimum Gasteiger partial charge on any atom is -0.489 e. The van der Waals surface area contributed by atoms with Crippen LogP contribution in [0.3, 0.4) is 0 Å². The molecule has 0 unspecified atom stereocenters. The summed E-state index contributed by atoms with van der Waals surface area (Å²) < 4.78 is 6.35. The number of likely N-dealkylation sites (tertiary alicyclic amines) is 1. The van der Waals surface area contributed by atoms with E-state index in [1.807, 2.05) is 42.5 Å². The average Bonchev–Trinajstić information content (AvgIpc) is 2.64. The molecule has 1 saturated heterocycles. The normalized spacial score (nSPS) is 15.3. The Kier molecular flexibility index (Phi) is 6.37. The lowest BCUT2D eigenvalue weighted by Crippen LogP contribution is -2.35. The van der Waals surface area contributed by atoms with E-state index in [-0.39, 0.29) is 18.5 Å². The number of anilines is 2. The van der Waals surface area contributed by atoms with Gasteiger partial charge in [-0.25, -0.2) is 9.97 Å². The van der Waals surface area contributed by atoms with Crippen LogP contribution in [0.1, 0.15) is 12.8 Å². The van der Waals surface area contributed by atoms with Crippen LogP contribution in [0.5, 0.6) is 5.75 Å². The van der Waals surface area contributed by atoms with Gasteiger partial charge < -0.3 is 15.0 Å². The van der Waals surface area contributed by atoms with Crippen LogP contribution in [0.4, 0.5) is 11.5 Å². The highest BCUT2D eigenvalue weighted by atomic mass is 35.5. The number of nitrogens with zero attached hydrogens (tertiary/aromatic N) is 3. The third kappa shape index (κ3) is 4.61. The number of ether oxygens (including phenoxy) is 1. The predicted octanol–water partition coefficient (Wildman–Crippen LogP) is 4.92. The molecule has 7 heteroatoms. The summed E-state index contributed by atoms with van der Waals surface area (Å²) in [5, 5.41) is 4.92. The van der Waals surface area contributed by atoms with Crippen molar-refractivity contribution in [1.29, 1.82) is 0 Å². The first-order chi connectivity index (χ1) is 12.7. The molecule has 0 bridgehead atoms. The van der Waals surface area contributed by atoms with Gasteiger partial charge in [-0.3, -0.25) is 0 Å². The van der Waals surface area contributed by atoms with Crippen molar-refractivity contribution in [3.63, 3.8) is 0 Å². The summed E-state index contributed by atoms with van der Waals surface area (Å²) >= 11 is 6.10. The summed E-state index contributed by atoms with van der Waals surface area (Å²) in [6.45, 7) is 2.11. The zero-order valence-corrected chi connectivity index (χ0v) is 16.6. The van der Waals surface area contributed by atoms with Gasteiger partial charge in [-0.05, 0) is 50.2 Å². The Labute approximate surface area is 170 Å². The topological polar surface area (TPSA) is 50.3 Å². The third-order valence-corrected chi connectivity index (χ3v) is 4.91. The van der Waals surface area contributed by atoms with Gasteiger partial charge in [0.25, 0.3) is 0 Å². The molecule has 2 heterocycles. The third-order valence-electron chi connectivity index (χ3n) is 4.67. The van der Waals surface area contributed by atoms with Crippen LogP contribution in [-0.2, 0) is 0 Å². The molecule has 0 radical (unpaired) electrons. The molecule has 0 aliphatic carbocycles. The van der Waals surface area contributed by atoms with Gasteiger partial charge in [-0.15, -0.1) is 12.4 Å². The molecule has 0 amide bonds. The van der Waals surface area contributed by atoms with Gasteiger partial charge in [0, 0.05) is 23.8 Å². The maximum Gasteiger partial charge on any atom is 0.145 e. The van der Waals surface area contributed by atoms with E-state index < -0.39 is 0 Å². The number of hydrogen-bond acceptors (Lipinski definition) is 5. The molecule has 4 rings (SSSR count). The second-order valence-corrected chi connectivity index (χ2v) is 7.06. The minimum absolute atomic E-state index is 0. The molecule has 1 aromatic heterocycles. The maximum absolute atomic E-state index is 6.35. The van der Waals surface area contributed by atoms with Crippen LogP contribution in [0, 0.1) is 0 Å². The summed E-state index contributed by atoms with van der Waals surface area (Å²) in [7, 11) is 2.15. The number of benzene rings is 2. The van der Waals surface area contributed by atoms with E-state index in [1.54, 1.807) is 6.33 Å². The molecule has 142 valence electrons. The van der Waals surface area contributed by atoms with E-state index in [0.29, 0.717) is 5.02 Å². The molecule has 1 aliphatic rings. The molecule has 1 N–H and O–H groups in total. The van der Waals surface area contributed by atoms with Gasteiger partial charge in [0.1, 0.15) is 24.0 Å². The number of nitrogens with one attached hydrogen (secondary N) is 1. The van der Waals surface area contributed by atoms with E-state index in [2.05, 4.69) is 27.2 Å². The lowest BCUT2D eigenvalue weighted by Gasteiger charge is -2.29. The van der Waals surface area contributed by atoms with Crippen molar-refractivity contribution in [2.75, 3.05) is 25.5 Å². The summed E-state index contributed by atoms with van der Waals surface area (Å²) in [5.74, 6) is 1.54. The zero-order chi connectivity index (χ0) is 17.9. The number of fused-ring (bicyclic) bond motifs is 1. The molecule has 0 spiro atoms. The Hall–Kier alpha value is -2.08. The van der Waals surface area contributed by atoms with Crippen molar-refractivity contribution in [1.82, 2.24) is 14.9 Å². The van der Waals surface area contributed by atoms with Crippen molar-refractivity contribution in [2.24, 2.45) is 0 Å². The Balaban J connectivity index is 0.00000210. The second-order valence-electron chi connectivity index (χ2n) is 6.63. The van der Waals surface area contributed by atoms with Gasteiger partial charge >= 0.3 is 0 Å². The Bertz CT molecular complexity index is 908. The van der Waals surface area contributed by atoms with Crippen LogP contribution in [-0.4, -0.2) is 41.1 Å². The Morgan fingerprint density at radius 2 is 1.89 bits per heavy atom. The first-order valence-electron chi connectivity index (χ1n) is 8.80. The first kappa shape index (κ1) is 19.7. The number of halogens is 2. The molecule has 27 heavy (non-hydrogen) atoms. The molecule has 1 aliphatic heterocycles. The van der Waals surface area contributed by atoms with E-state index in [1.165, 1.54) is 0 Å². The Morgan fingerprint density at radius 3 is 2.67 bits per heavy atom. The minimum atomic E-state index is 0. The lowest BCUT2D eigenvalue weighted by molar-refractivity contribution is 0.116. The lowest BCUT2D eigenvalue weighted by atomic mass is 10.1. The molecular weight excluding hydrogens is 383 g/mol. The molecule has 1 fully saturated rings. The highest BCUT2D eigenvalue weighted by molar-refractivity contribution is 6.30. The number of hydrogen-bond donors (Lipinski definition) is 1. The van der Waals surface area contributed by atoms with E-state index in [0.717, 1.165) is 54.1 Å². The number of aromatic nitrogens is 2. The van der Waals surface area contributed by atoms with E-state index in [4.69, 9.17) is 16.3 Å². The fourth-order valence-electron chi connectivity index (χ4n) is 3.26. The average molecular weight is 405 g/mol. The van der Waals surface area contributed by atoms with Crippen LogP contribution in [0.15, 0.2) is 48.8 Å². The van der Waals surface area contributed by atoms with Crippen LogP contribution < -0.4 is 10.1 Å². The van der Waals surface area contributed by atoms with Crippen molar-refractivity contribution in [3.8, 4) is 5.75 Å². The highest BCUT2D eigenvalue weighted by Gasteiger charge is 2.20. The fourth-order valence-corrected chi connectivity index (χ4v) is 3.45. The molecule has 0 saturated carbocycles. The smallest absolute Gasteiger partial charge is 0.145 e. The van der Waals surface area contributed by atoms with Crippen LogP contribution >= 0.6 is 24.0 Å². The molecule has 2 aromatic carbocycles. The van der Waals surface area contributed by atoms with E-state index in [9.17, 15) is 0 Å². The quantitative estimate of drug-likeness (QED) is 0.668. The van der Waals surface area contributed by atoms with Gasteiger partial charge in [0.2, 0.25) is 0 Å². The van der Waals surface area contributed by atoms with E-state index >= 15 is 0 Å². The highest BCUT2D eigenvalue weighted by Crippen LogP contribution is 2.33. The molecule has 3 aromatic rings. The largest absolute Gasteiger partial charge is 0.489 e. The van der Waals surface area contributed by atoms with Gasteiger partial charge in [0.05, 0.1) is 10.9 Å². The SMILES string of the molecule is CN1CCC(Oc2cccc3ncnc(Nc4cccc(Cl)c4)c23)CC1.Cl. The van der Waals surface area contributed by atoms with Crippen molar-refractivity contribution in [3.05, 3.63) is 53.8 Å². The van der Waals surface area contributed by atoms with Crippen LogP contribution in [0.2, 0.25) is 5.02 Å². The Morgan fingerprint density at radius 1 is 1.11 bits per heavy atom. The van der Waals surface area contributed by atoms with Gasteiger partial charge in [0.15, 0.2) is 0 Å².